The van der Waals surface area contributed by atoms with Crippen LogP contribution in [-0.2, 0) is 0 Å². The van der Waals surface area contributed by atoms with Gasteiger partial charge in [0.25, 0.3) is 11.8 Å². The van der Waals surface area contributed by atoms with Gasteiger partial charge < -0.3 is 15.0 Å². The van der Waals surface area contributed by atoms with Gasteiger partial charge >= 0.3 is 0 Å². The van der Waals surface area contributed by atoms with Crippen molar-refractivity contribution < 1.29 is 19.1 Å². The minimum atomic E-state index is -0.365. The van der Waals surface area contributed by atoms with Gasteiger partial charge in [0.05, 0.1) is 24.2 Å². The number of carbonyl (C=O) groups is 3. The molecule has 9 heteroatoms. The first kappa shape index (κ1) is 24.6. The molecular weight excluding hydrogens is 488 g/mol. The van der Waals surface area contributed by atoms with Gasteiger partial charge in [0.15, 0.2) is 5.78 Å². The highest BCUT2D eigenvalue weighted by molar-refractivity contribution is 7.09. The van der Waals surface area contributed by atoms with Gasteiger partial charge in [-0.15, -0.1) is 11.3 Å². The zero-order chi connectivity index (χ0) is 25.8. The Hall–Kier alpha value is -4.11. The predicted molar refractivity (Wildman–Crippen MR) is 141 cm³/mol. The minimum Gasteiger partial charge on any atom is -0.496 e. The topological polar surface area (TPSA) is 101 Å². The smallest absolute Gasteiger partial charge is 0.272 e. The van der Waals surface area contributed by atoms with Crippen LogP contribution in [0.15, 0.2) is 66.0 Å². The summed E-state index contributed by atoms with van der Waals surface area (Å²) in [5, 5.41) is 6.13. The lowest BCUT2D eigenvalue weighted by molar-refractivity contribution is 0.0707. The fourth-order valence-electron chi connectivity index (χ4n) is 4.47. The van der Waals surface area contributed by atoms with Crippen LogP contribution in [0.5, 0.6) is 5.75 Å². The molecule has 0 bridgehead atoms. The zero-order valence-electron chi connectivity index (χ0n) is 20.3. The van der Waals surface area contributed by atoms with Crippen LogP contribution in [0.2, 0.25) is 0 Å². The quantitative estimate of drug-likeness (QED) is 0.369. The number of piperidine rings is 1. The third-order valence-electron chi connectivity index (χ3n) is 6.51. The number of Topliss-reactive ketones (excluding diaryl/α,β-unsaturated/α-hetero) is 1. The van der Waals surface area contributed by atoms with Crippen molar-refractivity contribution in [1.29, 1.82) is 0 Å². The molecule has 3 heterocycles. The molecule has 8 nitrogen and oxygen atoms in total. The van der Waals surface area contributed by atoms with Crippen molar-refractivity contribution in [1.82, 2.24) is 20.2 Å². The predicted octanol–water partition coefficient (Wildman–Crippen LogP) is 4.33. The molecule has 0 atom stereocenters. The normalized spacial score (nSPS) is 13.9. The Morgan fingerprint density at radius 2 is 1.73 bits per heavy atom. The van der Waals surface area contributed by atoms with E-state index in [1.165, 1.54) is 11.3 Å². The van der Waals surface area contributed by atoms with Gasteiger partial charge in [-0.25, -0.2) is 9.97 Å². The Bertz CT molecular complexity index is 1450. The second-order valence-corrected chi connectivity index (χ2v) is 9.73. The number of aromatic nitrogens is 2. The molecule has 1 aliphatic heterocycles. The number of thiazole rings is 1. The van der Waals surface area contributed by atoms with Crippen LogP contribution in [0.1, 0.15) is 55.1 Å². The third-order valence-corrected chi connectivity index (χ3v) is 7.52. The van der Waals surface area contributed by atoms with E-state index in [4.69, 9.17) is 4.74 Å². The number of para-hydroxylation sites is 1. The maximum absolute atomic E-state index is 13.2. The third kappa shape index (κ3) is 5.36. The van der Waals surface area contributed by atoms with Gasteiger partial charge in [-0.05, 0) is 25.0 Å². The van der Waals surface area contributed by atoms with Crippen molar-refractivity contribution in [3.8, 4) is 5.75 Å². The summed E-state index contributed by atoms with van der Waals surface area (Å²) >= 11 is 1.44. The fraction of sp³-hybridized carbons (Fsp3) is 0.250. The standard InChI is InChI=1S/C28H26N4O4S/c1-36-25-15-22(30-21-10-6-5-9-20(21)25)28(35)32-13-11-19(12-14-32)27-31-23(17-37-27)26(34)29-16-24(33)18-7-3-2-4-8-18/h2-10,15,17,19H,11-14,16H2,1H3,(H,29,34). The first-order valence-corrected chi connectivity index (χ1v) is 13.0. The molecular formula is C28H26N4O4S. The van der Waals surface area contributed by atoms with Crippen LogP contribution in [0, 0.1) is 0 Å². The second kappa shape index (κ2) is 10.9. The zero-order valence-corrected chi connectivity index (χ0v) is 21.2. The highest BCUT2D eigenvalue weighted by Crippen LogP contribution is 2.31. The summed E-state index contributed by atoms with van der Waals surface area (Å²) in [7, 11) is 1.59. The number of nitrogens with zero attached hydrogens (tertiary/aromatic N) is 3. The Labute approximate surface area is 218 Å². The van der Waals surface area contributed by atoms with Crippen LogP contribution in [0.4, 0.5) is 0 Å². The van der Waals surface area contributed by atoms with Crippen molar-refractivity contribution in [2.24, 2.45) is 0 Å². The molecule has 5 rings (SSSR count). The average molecular weight is 515 g/mol. The maximum Gasteiger partial charge on any atom is 0.272 e. The first-order valence-electron chi connectivity index (χ1n) is 12.1. The van der Waals surface area contributed by atoms with Crippen LogP contribution < -0.4 is 10.1 Å². The molecule has 2 amide bonds. The molecule has 0 unspecified atom stereocenters. The first-order chi connectivity index (χ1) is 18.0. The molecule has 2 aromatic carbocycles. The number of likely N-dealkylation sites (tertiary alicyclic amines) is 1. The molecule has 0 saturated carbocycles. The number of methoxy groups -OCH3 is 1. The number of rotatable bonds is 7. The van der Waals surface area contributed by atoms with Crippen molar-refractivity contribution in [2.45, 2.75) is 18.8 Å². The minimum absolute atomic E-state index is 0.0796. The molecule has 0 spiro atoms. The van der Waals surface area contributed by atoms with Crippen molar-refractivity contribution in [2.75, 3.05) is 26.7 Å². The lowest BCUT2D eigenvalue weighted by Crippen LogP contribution is -2.38. The lowest BCUT2D eigenvalue weighted by atomic mass is 9.97. The number of nitrogens with one attached hydrogen (secondary N) is 1. The highest BCUT2D eigenvalue weighted by Gasteiger charge is 2.28. The maximum atomic E-state index is 13.2. The number of pyridine rings is 1. The number of carbonyl (C=O) groups excluding carboxylic acids is 3. The average Bonchev–Trinajstić information content (AvgIpc) is 3.46. The van der Waals surface area contributed by atoms with E-state index >= 15 is 0 Å². The van der Waals surface area contributed by atoms with Gasteiger partial charge in [-0.1, -0.05) is 42.5 Å². The molecule has 4 aromatic rings. The number of amides is 2. The molecule has 0 radical (unpaired) electrons. The number of ether oxygens (including phenoxy) is 1. The summed E-state index contributed by atoms with van der Waals surface area (Å²) in [6, 6.07) is 18.1. The van der Waals surface area contributed by atoms with Gasteiger partial charge in [0, 0.05) is 41.4 Å². The van der Waals surface area contributed by atoms with E-state index in [0.29, 0.717) is 35.8 Å². The molecule has 2 aromatic heterocycles. The van der Waals surface area contributed by atoms with E-state index in [9.17, 15) is 14.4 Å². The molecule has 1 N–H and O–H groups in total. The number of fused-ring (bicyclic) bond motifs is 1. The van der Waals surface area contributed by atoms with Crippen LogP contribution in [0.25, 0.3) is 10.9 Å². The van der Waals surface area contributed by atoms with Gasteiger partial charge in [0.1, 0.15) is 17.1 Å². The fourth-order valence-corrected chi connectivity index (χ4v) is 5.44. The lowest BCUT2D eigenvalue weighted by Gasteiger charge is -2.31. The van der Waals surface area contributed by atoms with E-state index < -0.39 is 0 Å². The SMILES string of the molecule is COc1cc(C(=O)N2CCC(c3nc(C(=O)NCC(=O)c4ccccc4)cs3)CC2)nc2ccccc12. The Kier molecular flexibility index (Phi) is 7.23. The number of benzene rings is 2. The van der Waals surface area contributed by atoms with Crippen LogP contribution in [-0.4, -0.2) is 59.2 Å². The molecule has 1 saturated heterocycles. The molecule has 1 fully saturated rings. The van der Waals surface area contributed by atoms with Crippen molar-refractivity contribution in [3.05, 3.63) is 88.0 Å². The molecule has 188 valence electrons. The van der Waals surface area contributed by atoms with E-state index in [-0.39, 0.29) is 30.1 Å². The Morgan fingerprint density at radius 3 is 2.49 bits per heavy atom. The Balaban J connectivity index is 1.18. The van der Waals surface area contributed by atoms with E-state index in [1.54, 1.807) is 42.8 Å². The monoisotopic (exact) mass is 514 g/mol. The summed E-state index contributed by atoms with van der Waals surface area (Å²) in [5.41, 5.74) is 1.96. The summed E-state index contributed by atoms with van der Waals surface area (Å²) < 4.78 is 5.49. The molecule has 37 heavy (non-hydrogen) atoms. The number of hydrogen-bond donors (Lipinski definition) is 1. The summed E-state index contributed by atoms with van der Waals surface area (Å²) in [5.74, 6) is 0.157. The van der Waals surface area contributed by atoms with Crippen LogP contribution >= 0.6 is 11.3 Å². The number of hydrogen-bond acceptors (Lipinski definition) is 7. The van der Waals surface area contributed by atoms with Crippen molar-refractivity contribution >= 4 is 39.8 Å². The second-order valence-electron chi connectivity index (χ2n) is 8.84. The molecule has 0 aliphatic carbocycles. The van der Waals surface area contributed by atoms with E-state index in [1.807, 2.05) is 35.2 Å². The summed E-state index contributed by atoms with van der Waals surface area (Å²) in [6.45, 7) is 1.07. The molecule has 1 aliphatic rings. The largest absolute Gasteiger partial charge is 0.496 e. The number of ketones is 1. The van der Waals surface area contributed by atoms with Gasteiger partial charge in [-0.2, -0.15) is 0 Å². The highest BCUT2D eigenvalue weighted by atomic mass is 32.1. The van der Waals surface area contributed by atoms with Gasteiger partial charge in [-0.3, -0.25) is 14.4 Å². The van der Waals surface area contributed by atoms with Crippen molar-refractivity contribution in [3.63, 3.8) is 0 Å². The Morgan fingerprint density at radius 1 is 1.00 bits per heavy atom. The van der Waals surface area contributed by atoms with Crippen LogP contribution in [0.3, 0.4) is 0 Å². The summed E-state index contributed by atoms with van der Waals surface area (Å²) in [4.78, 5) is 48.9. The van der Waals surface area contributed by atoms with Gasteiger partial charge in [0.2, 0.25) is 0 Å². The van der Waals surface area contributed by atoms with E-state index in [2.05, 4.69) is 15.3 Å². The van der Waals surface area contributed by atoms with E-state index in [0.717, 1.165) is 28.8 Å². The summed E-state index contributed by atoms with van der Waals surface area (Å²) in [6.07, 6.45) is 1.50.